The molecule has 1 aromatic rings. The van der Waals surface area contributed by atoms with Gasteiger partial charge in [0, 0.05) is 26.2 Å². The second-order valence-corrected chi connectivity index (χ2v) is 8.35. The van der Waals surface area contributed by atoms with E-state index in [0.717, 1.165) is 44.5 Å². The molecule has 3 fully saturated rings. The van der Waals surface area contributed by atoms with Gasteiger partial charge in [-0.2, -0.15) is 13.2 Å². The topological polar surface area (TPSA) is 23.6 Å². The minimum absolute atomic E-state index is 0.221. The van der Waals surface area contributed by atoms with Gasteiger partial charge in [0.15, 0.2) is 0 Å². The Labute approximate surface area is 156 Å². The van der Waals surface area contributed by atoms with Gasteiger partial charge in [-0.25, -0.2) is 4.39 Å². The molecular weight excluding hydrogens is 360 g/mol. The molecular formula is C20H24F4N2O. The smallest absolute Gasteiger partial charge is 0.342 e. The molecule has 1 saturated carbocycles. The molecule has 3 aliphatic rings. The Hall–Kier alpha value is -1.63. The molecule has 3 nitrogen and oxygen atoms in total. The van der Waals surface area contributed by atoms with Crippen LogP contribution in [0.1, 0.15) is 43.2 Å². The first-order valence-corrected chi connectivity index (χ1v) is 9.64. The zero-order valence-corrected chi connectivity index (χ0v) is 15.2. The van der Waals surface area contributed by atoms with Gasteiger partial charge in [0.25, 0.3) is 0 Å². The fourth-order valence-electron chi connectivity index (χ4n) is 4.56. The molecule has 148 valence electrons. The molecule has 1 aromatic carbocycles. The Morgan fingerprint density at radius 1 is 1.15 bits per heavy atom. The van der Waals surface area contributed by atoms with Gasteiger partial charge in [-0.05, 0) is 62.3 Å². The summed E-state index contributed by atoms with van der Waals surface area (Å²) in [6.07, 6.45) is 0.293. The Kier molecular flexibility index (Phi) is 4.69. The van der Waals surface area contributed by atoms with E-state index in [2.05, 4.69) is 0 Å². The predicted octanol–water partition coefficient (Wildman–Crippen LogP) is 4.07. The van der Waals surface area contributed by atoms with Crippen LogP contribution in [0, 0.1) is 17.2 Å². The highest BCUT2D eigenvalue weighted by molar-refractivity contribution is 5.84. The molecule has 0 N–H and O–H groups in total. The summed E-state index contributed by atoms with van der Waals surface area (Å²) in [7, 11) is 0. The molecule has 1 unspecified atom stereocenters. The third-order valence-electron chi connectivity index (χ3n) is 6.17. The molecule has 27 heavy (non-hydrogen) atoms. The minimum atomic E-state index is -4.70. The summed E-state index contributed by atoms with van der Waals surface area (Å²) in [5.74, 6) is -0.373. The van der Waals surface area contributed by atoms with Crippen LogP contribution in [0.25, 0.3) is 0 Å². The maximum absolute atomic E-state index is 13.5. The standard InChI is InChI=1S/C20H24F4N2O/c21-17-5-4-15(10-16(17)20(22,23)24)11-25-9-7-19(13-25)6-1-8-26(18(19)27)12-14-2-3-14/h4-5,10,14H,1-3,6-9,11-13H2. The van der Waals surface area contributed by atoms with Gasteiger partial charge in [0.05, 0.1) is 11.0 Å². The fourth-order valence-corrected chi connectivity index (χ4v) is 4.56. The first-order chi connectivity index (χ1) is 12.8. The van der Waals surface area contributed by atoms with Crippen molar-refractivity contribution in [2.45, 2.75) is 44.8 Å². The molecule has 2 aliphatic heterocycles. The van der Waals surface area contributed by atoms with Crippen molar-refractivity contribution in [1.29, 1.82) is 0 Å². The van der Waals surface area contributed by atoms with Crippen LogP contribution in [0.2, 0.25) is 0 Å². The Balaban J connectivity index is 1.44. The van der Waals surface area contributed by atoms with Crippen molar-refractivity contribution in [2.24, 2.45) is 11.3 Å². The molecule has 1 spiro atoms. The van der Waals surface area contributed by atoms with Crippen LogP contribution in [-0.4, -0.2) is 41.9 Å². The van der Waals surface area contributed by atoms with Crippen LogP contribution >= 0.6 is 0 Å². The molecule has 2 heterocycles. The SMILES string of the molecule is O=C1N(CC2CC2)CCCC12CCN(Cc1ccc(F)c(C(F)(F)F)c1)C2. The van der Waals surface area contributed by atoms with Crippen LogP contribution in [0.5, 0.6) is 0 Å². The lowest BCUT2D eigenvalue weighted by molar-refractivity contribution is -0.146. The normalized spacial score (nSPS) is 27.0. The third kappa shape index (κ3) is 3.84. The fraction of sp³-hybridized carbons (Fsp3) is 0.650. The van der Waals surface area contributed by atoms with Crippen molar-refractivity contribution < 1.29 is 22.4 Å². The number of halogens is 4. The number of nitrogens with zero attached hydrogens (tertiary/aromatic N) is 2. The van der Waals surface area contributed by atoms with Gasteiger partial charge in [-0.15, -0.1) is 0 Å². The van der Waals surface area contributed by atoms with Gasteiger partial charge < -0.3 is 4.90 Å². The van der Waals surface area contributed by atoms with Crippen LogP contribution < -0.4 is 0 Å². The Bertz CT molecular complexity index is 731. The van der Waals surface area contributed by atoms with E-state index in [1.165, 1.54) is 18.9 Å². The molecule has 1 aliphatic carbocycles. The highest BCUT2D eigenvalue weighted by Crippen LogP contribution is 2.42. The van der Waals surface area contributed by atoms with Crippen molar-refractivity contribution in [3.63, 3.8) is 0 Å². The van der Waals surface area contributed by atoms with Gasteiger partial charge in [0.2, 0.25) is 5.91 Å². The summed E-state index contributed by atoms with van der Waals surface area (Å²) >= 11 is 0. The summed E-state index contributed by atoms with van der Waals surface area (Å²) in [4.78, 5) is 17.1. The molecule has 0 aromatic heterocycles. The van der Waals surface area contributed by atoms with E-state index in [1.54, 1.807) is 0 Å². The summed E-state index contributed by atoms with van der Waals surface area (Å²) < 4.78 is 52.3. The lowest BCUT2D eigenvalue weighted by Gasteiger charge is -2.39. The number of carbonyl (C=O) groups excluding carboxylic acids is 1. The average Bonchev–Trinajstić information content (AvgIpc) is 3.33. The number of carbonyl (C=O) groups is 1. The second-order valence-electron chi connectivity index (χ2n) is 8.35. The van der Waals surface area contributed by atoms with E-state index in [-0.39, 0.29) is 11.3 Å². The second kappa shape index (κ2) is 6.76. The van der Waals surface area contributed by atoms with Crippen LogP contribution in [0.15, 0.2) is 18.2 Å². The maximum atomic E-state index is 13.5. The average molecular weight is 384 g/mol. The number of amides is 1. The molecule has 4 rings (SSSR count). The van der Waals surface area contributed by atoms with Crippen molar-refractivity contribution in [1.82, 2.24) is 9.80 Å². The maximum Gasteiger partial charge on any atom is 0.419 e. The Morgan fingerprint density at radius 2 is 1.93 bits per heavy atom. The highest BCUT2D eigenvalue weighted by Gasteiger charge is 2.48. The number of benzene rings is 1. The summed E-state index contributed by atoms with van der Waals surface area (Å²) in [6.45, 7) is 3.24. The molecule has 1 amide bonds. The lowest BCUT2D eigenvalue weighted by Crippen LogP contribution is -2.50. The summed E-state index contributed by atoms with van der Waals surface area (Å²) in [5.41, 5.74) is -1.18. The van der Waals surface area contributed by atoms with Crippen molar-refractivity contribution in [3.05, 3.63) is 35.1 Å². The number of rotatable bonds is 4. The van der Waals surface area contributed by atoms with E-state index in [1.807, 2.05) is 9.80 Å². The highest BCUT2D eigenvalue weighted by atomic mass is 19.4. The largest absolute Gasteiger partial charge is 0.419 e. The molecule has 1 atom stereocenters. The van der Waals surface area contributed by atoms with Gasteiger partial charge in [-0.3, -0.25) is 9.69 Å². The van der Waals surface area contributed by atoms with Gasteiger partial charge in [-0.1, -0.05) is 6.07 Å². The van der Waals surface area contributed by atoms with Crippen molar-refractivity contribution >= 4 is 5.91 Å². The first kappa shape index (κ1) is 18.7. The number of alkyl halides is 3. The van der Waals surface area contributed by atoms with Crippen LogP contribution in [0.4, 0.5) is 17.6 Å². The minimum Gasteiger partial charge on any atom is -0.342 e. The zero-order chi connectivity index (χ0) is 19.2. The molecule has 0 bridgehead atoms. The molecule has 7 heteroatoms. The van der Waals surface area contributed by atoms with Crippen molar-refractivity contribution in [2.75, 3.05) is 26.2 Å². The quantitative estimate of drug-likeness (QED) is 0.731. The lowest BCUT2D eigenvalue weighted by atomic mass is 9.78. The monoisotopic (exact) mass is 384 g/mol. The zero-order valence-electron chi connectivity index (χ0n) is 15.2. The van der Waals surface area contributed by atoms with E-state index in [4.69, 9.17) is 0 Å². The van der Waals surface area contributed by atoms with Crippen LogP contribution in [-0.2, 0) is 17.5 Å². The Morgan fingerprint density at radius 3 is 2.63 bits per heavy atom. The summed E-state index contributed by atoms with van der Waals surface area (Å²) in [5, 5.41) is 0. The molecule has 0 radical (unpaired) electrons. The molecule has 2 saturated heterocycles. The van der Waals surface area contributed by atoms with E-state index >= 15 is 0 Å². The number of likely N-dealkylation sites (tertiary alicyclic amines) is 2. The van der Waals surface area contributed by atoms with Gasteiger partial charge >= 0.3 is 6.18 Å². The predicted molar refractivity (Wildman–Crippen MR) is 92.3 cm³/mol. The van der Waals surface area contributed by atoms with E-state index in [0.29, 0.717) is 31.1 Å². The van der Waals surface area contributed by atoms with Gasteiger partial charge in [0.1, 0.15) is 5.82 Å². The summed E-state index contributed by atoms with van der Waals surface area (Å²) in [6, 6.07) is 3.17. The van der Waals surface area contributed by atoms with Crippen LogP contribution in [0.3, 0.4) is 0 Å². The number of hydrogen-bond donors (Lipinski definition) is 0. The third-order valence-corrected chi connectivity index (χ3v) is 6.17. The number of hydrogen-bond acceptors (Lipinski definition) is 2. The van der Waals surface area contributed by atoms with E-state index in [9.17, 15) is 22.4 Å². The number of piperidine rings is 1. The van der Waals surface area contributed by atoms with E-state index < -0.39 is 17.6 Å². The van der Waals surface area contributed by atoms with Crippen molar-refractivity contribution in [3.8, 4) is 0 Å². The first-order valence-electron chi connectivity index (χ1n) is 9.64.